The summed E-state index contributed by atoms with van der Waals surface area (Å²) >= 11 is 0. The van der Waals surface area contributed by atoms with Gasteiger partial charge in [0.1, 0.15) is 5.82 Å². The van der Waals surface area contributed by atoms with Crippen LogP contribution in [0.1, 0.15) is 35.2 Å². The summed E-state index contributed by atoms with van der Waals surface area (Å²) < 4.78 is 13.0. The highest BCUT2D eigenvalue weighted by molar-refractivity contribution is 5.94. The highest BCUT2D eigenvalue weighted by atomic mass is 19.1. The van der Waals surface area contributed by atoms with Crippen molar-refractivity contribution in [2.75, 3.05) is 33.2 Å². The summed E-state index contributed by atoms with van der Waals surface area (Å²) in [4.78, 5) is 28.9. The minimum absolute atomic E-state index is 0.0516. The van der Waals surface area contributed by atoms with Crippen molar-refractivity contribution in [1.82, 2.24) is 15.1 Å². The van der Waals surface area contributed by atoms with Crippen molar-refractivity contribution in [3.63, 3.8) is 0 Å². The minimum atomic E-state index is -0.354. The Bertz CT molecular complexity index is 818. The van der Waals surface area contributed by atoms with E-state index in [0.29, 0.717) is 38.0 Å². The standard InChI is InChI=1S/C24H30FN3O2/c1-27(18-19-6-3-2-4-7-19)15-5-14-26-23(29)20-12-16-28(17-13-20)24(30)21-8-10-22(25)11-9-21/h2-4,6-11,20H,5,12-18H2,1H3,(H,26,29). The largest absolute Gasteiger partial charge is 0.356 e. The van der Waals surface area contributed by atoms with Gasteiger partial charge in [0.05, 0.1) is 0 Å². The van der Waals surface area contributed by atoms with E-state index in [4.69, 9.17) is 0 Å². The Kier molecular flexibility index (Phi) is 7.97. The van der Waals surface area contributed by atoms with Crippen LogP contribution in [-0.2, 0) is 11.3 Å². The SMILES string of the molecule is CN(CCCNC(=O)C1CCN(C(=O)c2ccc(F)cc2)CC1)Cc1ccccc1. The van der Waals surface area contributed by atoms with Crippen molar-refractivity contribution < 1.29 is 14.0 Å². The molecule has 2 aromatic carbocycles. The van der Waals surface area contributed by atoms with Gasteiger partial charge < -0.3 is 15.1 Å². The predicted octanol–water partition coefficient (Wildman–Crippen LogP) is 3.32. The van der Waals surface area contributed by atoms with Gasteiger partial charge in [-0.05, 0) is 62.7 Å². The zero-order valence-corrected chi connectivity index (χ0v) is 17.5. The Labute approximate surface area is 177 Å². The van der Waals surface area contributed by atoms with Crippen LogP contribution >= 0.6 is 0 Å². The Hall–Kier alpha value is -2.73. The maximum Gasteiger partial charge on any atom is 0.253 e. The van der Waals surface area contributed by atoms with Gasteiger partial charge in [0, 0.05) is 37.7 Å². The number of piperidine rings is 1. The average molecular weight is 412 g/mol. The van der Waals surface area contributed by atoms with Gasteiger partial charge in [-0.3, -0.25) is 9.59 Å². The summed E-state index contributed by atoms with van der Waals surface area (Å²) in [6, 6.07) is 15.9. The monoisotopic (exact) mass is 411 g/mol. The first-order valence-corrected chi connectivity index (χ1v) is 10.6. The lowest BCUT2D eigenvalue weighted by Gasteiger charge is -2.31. The topological polar surface area (TPSA) is 52.7 Å². The Balaban J connectivity index is 1.33. The second-order valence-corrected chi connectivity index (χ2v) is 7.94. The number of benzene rings is 2. The average Bonchev–Trinajstić information content (AvgIpc) is 2.77. The number of likely N-dealkylation sites (tertiary alicyclic amines) is 1. The van der Waals surface area contributed by atoms with Crippen LogP contribution in [0.4, 0.5) is 4.39 Å². The molecule has 5 nitrogen and oxygen atoms in total. The van der Waals surface area contributed by atoms with Gasteiger partial charge >= 0.3 is 0 Å². The summed E-state index contributed by atoms with van der Waals surface area (Å²) in [5, 5.41) is 3.04. The first-order chi connectivity index (χ1) is 14.5. The van der Waals surface area contributed by atoms with Crippen LogP contribution in [0.15, 0.2) is 54.6 Å². The molecule has 0 radical (unpaired) electrons. The molecule has 0 bridgehead atoms. The molecule has 1 aliphatic rings. The molecule has 160 valence electrons. The highest BCUT2D eigenvalue weighted by Gasteiger charge is 2.27. The van der Waals surface area contributed by atoms with Gasteiger partial charge in [-0.15, -0.1) is 0 Å². The molecule has 0 atom stereocenters. The first-order valence-electron chi connectivity index (χ1n) is 10.6. The van der Waals surface area contributed by atoms with Crippen LogP contribution in [0, 0.1) is 11.7 Å². The second kappa shape index (κ2) is 10.9. The van der Waals surface area contributed by atoms with Gasteiger partial charge in [0.25, 0.3) is 5.91 Å². The lowest BCUT2D eigenvalue weighted by atomic mass is 9.95. The van der Waals surface area contributed by atoms with Crippen molar-refractivity contribution in [3.8, 4) is 0 Å². The molecule has 0 spiro atoms. The molecule has 0 aliphatic carbocycles. The number of hydrogen-bond acceptors (Lipinski definition) is 3. The molecule has 3 rings (SSSR count). The third kappa shape index (κ3) is 6.39. The van der Waals surface area contributed by atoms with Crippen molar-refractivity contribution in [2.24, 2.45) is 5.92 Å². The Morgan fingerprint density at radius 2 is 1.73 bits per heavy atom. The molecule has 1 fully saturated rings. The van der Waals surface area contributed by atoms with Gasteiger partial charge in [-0.25, -0.2) is 4.39 Å². The normalized spacial score (nSPS) is 14.7. The van der Waals surface area contributed by atoms with E-state index < -0.39 is 0 Å². The lowest BCUT2D eigenvalue weighted by molar-refractivity contribution is -0.126. The second-order valence-electron chi connectivity index (χ2n) is 7.94. The number of carbonyl (C=O) groups is 2. The van der Waals surface area contributed by atoms with E-state index in [-0.39, 0.29) is 23.5 Å². The van der Waals surface area contributed by atoms with Gasteiger partial charge in [0.2, 0.25) is 5.91 Å². The molecule has 0 unspecified atom stereocenters. The van der Waals surface area contributed by atoms with Gasteiger partial charge in [0.15, 0.2) is 0 Å². The molecular formula is C24H30FN3O2. The molecule has 6 heteroatoms. The quantitative estimate of drug-likeness (QED) is 0.678. The maximum atomic E-state index is 13.0. The highest BCUT2D eigenvalue weighted by Crippen LogP contribution is 2.19. The van der Waals surface area contributed by atoms with E-state index in [9.17, 15) is 14.0 Å². The third-order valence-corrected chi connectivity index (χ3v) is 5.56. The molecule has 0 saturated carbocycles. The molecule has 0 aromatic heterocycles. The van der Waals surface area contributed by atoms with Crippen LogP contribution in [0.3, 0.4) is 0 Å². The van der Waals surface area contributed by atoms with E-state index in [0.717, 1.165) is 19.5 Å². The Morgan fingerprint density at radius 1 is 1.07 bits per heavy atom. The lowest BCUT2D eigenvalue weighted by Crippen LogP contribution is -2.43. The molecule has 1 saturated heterocycles. The molecular weight excluding hydrogens is 381 g/mol. The van der Waals surface area contributed by atoms with Crippen molar-refractivity contribution >= 4 is 11.8 Å². The van der Waals surface area contributed by atoms with Crippen LogP contribution in [0.5, 0.6) is 0 Å². The Morgan fingerprint density at radius 3 is 2.40 bits per heavy atom. The fourth-order valence-corrected chi connectivity index (χ4v) is 3.80. The number of rotatable bonds is 8. The van der Waals surface area contributed by atoms with Crippen molar-refractivity contribution in [2.45, 2.75) is 25.8 Å². The zero-order valence-electron chi connectivity index (χ0n) is 17.5. The van der Waals surface area contributed by atoms with Crippen LogP contribution in [0.2, 0.25) is 0 Å². The summed E-state index contributed by atoms with van der Waals surface area (Å²) in [5.74, 6) is -0.428. The van der Waals surface area contributed by atoms with Crippen molar-refractivity contribution in [1.29, 1.82) is 0 Å². The van der Waals surface area contributed by atoms with Crippen LogP contribution < -0.4 is 5.32 Å². The minimum Gasteiger partial charge on any atom is -0.356 e. The van der Waals surface area contributed by atoms with Crippen LogP contribution in [-0.4, -0.2) is 54.8 Å². The van der Waals surface area contributed by atoms with E-state index in [1.807, 2.05) is 18.2 Å². The van der Waals surface area contributed by atoms with Crippen LogP contribution in [0.25, 0.3) is 0 Å². The summed E-state index contributed by atoms with van der Waals surface area (Å²) in [5.41, 5.74) is 1.77. The number of nitrogens with one attached hydrogen (secondary N) is 1. The summed E-state index contributed by atoms with van der Waals surface area (Å²) in [7, 11) is 2.09. The number of hydrogen-bond donors (Lipinski definition) is 1. The van der Waals surface area contributed by atoms with E-state index in [1.54, 1.807) is 4.90 Å². The van der Waals surface area contributed by atoms with E-state index in [1.165, 1.54) is 29.8 Å². The number of halogens is 1. The van der Waals surface area contributed by atoms with Crippen molar-refractivity contribution in [3.05, 3.63) is 71.5 Å². The molecule has 2 aromatic rings. The fourth-order valence-electron chi connectivity index (χ4n) is 3.80. The number of amides is 2. The molecule has 1 N–H and O–H groups in total. The smallest absolute Gasteiger partial charge is 0.253 e. The van der Waals surface area contributed by atoms with Gasteiger partial charge in [-0.2, -0.15) is 0 Å². The molecule has 2 amide bonds. The van der Waals surface area contributed by atoms with E-state index in [2.05, 4.69) is 29.4 Å². The summed E-state index contributed by atoms with van der Waals surface area (Å²) in [6.45, 7) is 3.57. The molecule has 1 heterocycles. The van der Waals surface area contributed by atoms with Gasteiger partial charge in [-0.1, -0.05) is 30.3 Å². The fraction of sp³-hybridized carbons (Fsp3) is 0.417. The number of nitrogens with zero attached hydrogens (tertiary/aromatic N) is 2. The first kappa shape index (κ1) is 22.0. The molecule has 1 aliphatic heterocycles. The summed E-state index contributed by atoms with van der Waals surface area (Å²) in [6.07, 6.45) is 2.22. The van der Waals surface area contributed by atoms with E-state index >= 15 is 0 Å². The number of carbonyl (C=O) groups excluding carboxylic acids is 2. The third-order valence-electron chi connectivity index (χ3n) is 5.56. The molecule has 30 heavy (non-hydrogen) atoms. The zero-order chi connectivity index (χ0) is 21.3. The maximum absolute atomic E-state index is 13.0. The predicted molar refractivity (Wildman–Crippen MR) is 115 cm³/mol.